The Hall–Kier alpha value is -3.15. The Morgan fingerprint density at radius 2 is 1.83 bits per heavy atom. The van der Waals surface area contributed by atoms with Gasteiger partial charge in [0.2, 0.25) is 0 Å². The number of amides is 1. The van der Waals surface area contributed by atoms with Gasteiger partial charge in [0, 0.05) is 17.1 Å². The molecule has 116 valence electrons. The van der Waals surface area contributed by atoms with Crippen molar-refractivity contribution in [1.82, 2.24) is 14.5 Å². The summed E-state index contributed by atoms with van der Waals surface area (Å²) in [6.07, 6.45) is 3.01. The van der Waals surface area contributed by atoms with Gasteiger partial charge in [-0.3, -0.25) is 4.79 Å². The van der Waals surface area contributed by atoms with E-state index in [4.69, 9.17) is 0 Å². The second-order valence-electron chi connectivity index (χ2n) is 5.19. The average molecular weight is 308 g/mol. The van der Waals surface area contributed by atoms with Crippen molar-refractivity contribution in [2.24, 2.45) is 0 Å². The predicted octanol–water partition coefficient (Wildman–Crippen LogP) is 2.84. The first-order valence-electron chi connectivity index (χ1n) is 7.12. The normalized spacial score (nSPS) is 10.5. The third-order valence-corrected chi connectivity index (χ3v) is 3.64. The number of nitrogens with one attached hydrogen (secondary N) is 1. The van der Waals surface area contributed by atoms with Gasteiger partial charge < -0.3 is 15.0 Å². The van der Waals surface area contributed by atoms with Crippen molar-refractivity contribution in [3.05, 3.63) is 66.0 Å². The molecule has 3 rings (SSSR count). The molecule has 0 aliphatic carbocycles. The molecule has 0 bridgehead atoms. The second kappa shape index (κ2) is 5.92. The maximum absolute atomic E-state index is 12.1. The first-order valence-corrected chi connectivity index (χ1v) is 7.12. The molecule has 0 radical (unpaired) electrons. The van der Waals surface area contributed by atoms with E-state index in [1.165, 1.54) is 18.3 Å². The third kappa shape index (κ3) is 3.06. The number of nitrogens with zero attached hydrogens (tertiary/aromatic N) is 3. The summed E-state index contributed by atoms with van der Waals surface area (Å²) in [4.78, 5) is 20.2. The van der Waals surface area contributed by atoms with Crippen molar-refractivity contribution in [2.45, 2.75) is 13.8 Å². The van der Waals surface area contributed by atoms with Crippen LogP contribution in [-0.2, 0) is 0 Å². The zero-order valence-corrected chi connectivity index (χ0v) is 12.8. The van der Waals surface area contributed by atoms with Crippen LogP contribution in [0.25, 0.3) is 5.69 Å². The molecule has 1 aromatic carbocycles. The van der Waals surface area contributed by atoms with E-state index in [0.717, 1.165) is 17.1 Å². The fourth-order valence-electron chi connectivity index (χ4n) is 2.18. The molecular formula is C17H16N4O2. The van der Waals surface area contributed by atoms with E-state index in [9.17, 15) is 9.90 Å². The number of carbonyl (C=O) groups excluding carboxylic acids is 1. The minimum absolute atomic E-state index is 0.0249. The Morgan fingerprint density at radius 3 is 2.39 bits per heavy atom. The lowest BCUT2D eigenvalue weighted by Gasteiger charge is -2.08. The van der Waals surface area contributed by atoms with Crippen LogP contribution in [0.2, 0.25) is 0 Å². The Morgan fingerprint density at radius 1 is 1.09 bits per heavy atom. The summed E-state index contributed by atoms with van der Waals surface area (Å²) in [7, 11) is 0. The zero-order chi connectivity index (χ0) is 16.4. The largest absolute Gasteiger partial charge is 0.506 e. The molecular weight excluding hydrogens is 292 g/mol. The minimum Gasteiger partial charge on any atom is -0.506 e. The number of rotatable bonds is 3. The zero-order valence-electron chi connectivity index (χ0n) is 12.8. The van der Waals surface area contributed by atoms with Crippen LogP contribution >= 0.6 is 0 Å². The molecule has 0 fully saturated rings. The summed E-state index contributed by atoms with van der Waals surface area (Å²) in [5.74, 6) is -0.302. The fourth-order valence-corrected chi connectivity index (χ4v) is 2.18. The van der Waals surface area contributed by atoms with Crippen LogP contribution in [-0.4, -0.2) is 25.5 Å². The molecule has 0 atom stereocenters. The first kappa shape index (κ1) is 14.8. The van der Waals surface area contributed by atoms with Gasteiger partial charge in [0.05, 0.1) is 18.2 Å². The summed E-state index contributed by atoms with van der Waals surface area (Å²) in [6.45, 7) is 3.97. The van der Waals surface area contributed by atoms with Gasteiger partial charge >= 0.3 is 0 Å². The van der Waals surface area contributed by atoms with Crippen molar-refractivity contribution in [3.8, 4) is 11.4 Å². The number of benzene rings is 1. The van der Waals surface area contributed by atoms with E-state index in [1.54, 1.807) is 6.33 Å². The van der Waals surface area contributed by atoms with E-state index >= 15 is 0 Å². The van der Waals surface area contributed by atoms with Crippen molar-refractivity contribution in [3.63, 3.8) is 0 Å². The molecule has 0 spiro atoms. The average Bonchev–Trinajstić information content (AvgIpc) is 2.88. The van der Waals surface area contributed by atoms with Crippen LogP contribution in [0.4, 0.5) is 5.69 Å². The molecule has 0 aliphatic rings. The highest BCUT2D eigenvalue weighted by Gasteiger charge is 2.08. The number of aromatic hydroxyl groups is 1. The van der Waals surface area contributed by atoms with Crippen LogP contribution in [0.3, 0.4) is 0 Å². The molecule has 2 N–H and O–H groups in total. The molecule has 0 aliphatic heterocycles. The van der Waals surface area contributed by atoms with Gasteiger partial charge in [-0.05, 0) is 50.2 Å². The highest BCUT2D eigenvalue weighted by Crippen LogP contribution is 2.17. The molecule has 0 saturated heterocycles. The summed E-state index contributed by atoms with van der Waals surface area (Å²) >= 11 is 0. The van der Waals surface area contributed by atoms with Gasteiger partial charge in [-0.2, -0.15) is 0 Å². The molecule has 2 heterocycles. The smallest absolute Gasteiger partial charge is 0.274 e. The van der Waals surface area contributed by atoms with Crippen LogP contribution in [0.1, 0.15) is 21.9 Å². The number of anilines is 1. The summed E-state index contributed by atoms with van der Waals surface area (Å²) in [6, 6.07) is 10.4. The van der Waals surface area contributed by atoms with E-state index in [0.29, 0.717) is 5.69 Å². The lowest BCUT2D eigenvalue weighted by Crippen LogP contribution is -2.13. The molecule has 0 unspecified atom stereocenters. The van der Waals surface area contributed by atoms with E-state index in [-0.39, 0.29) is 17.4 Å². The second-order valence-corrected chi connectivity index (χ2v) is 5.19. The molecule has 1 amide bonds. The van der Waals surface area contributed by atoms with Gasteiger partial charge in [0.1, 0.15) is 11.4 Å². The molecule has 23 heavy (non-hydrogen) atoms. The van der Waals surface area contributed by atoms with E-state index < -0.39 is 0 Å². The number of aromatic nitrogens is 3. The van der Waals surface area contributed by atoms with Crippen molar-refractivity contribution in [1.29, 1.82) is 0 Å². The molecule has 2 aromatic heterocycles. The Labute approximate surface area is 133 Å². The highest BCUT2D eigenvalue weighted by molar-refractivity contribution is 6.02. The van der Waals surface area contributed by atoms with Crippen LogP contribution in [0, 0.1) is 13.8 Å². The Kier molecular flexibility index (Phi) is 3.80. The maximum Gasteiger partial charge on any atom is 0.274 e. The number of hydrogen-bond acceptors (Lipinski definition) is 4. The topological polar surface area (TPSA) is 80.0 Å². The van der Waals surface area contributed by atoms with E-state index in [2.05, 4.69) is 15.3 Å². The highest BCUT2D eigenvalue weighted by atomic mass is 16.3. The standard InChI is InChI=1S/C17H16N4O2/c1-11-12(2)21(10-19-11)14-5-3-13(4-6-14)20-17(23)16-8-7-15(22)9-18-16/h3-10,22H,1-2H3,(H,20,23). The van der Waals surface area contributed by atoms with Gasteiger partial charge in [-0.15, -0.1) is 0 Å². The SMILES string of the molecule is Cc1ncn(-c2ccc(NC(=O)c3ccc(O)cn3)cc2)c1C. The number of carbonyl (C=O) groups is 1. The van der Waals surface area contributed by atoms with Crippen molar-refractivity contribution < 1.29 is 9.90 Å². The fraction of sp³-hybridized carbons (Fsp3) is 0.118. The van der Waals surface area contributed by atoms with Crippen molar-refractivity contribution in [2.75, 3.05) is 5.32 Å². The first-order chi connectivity index (χ1) is 11.0. The number of hydrogen-bond donors (Lipinski definition) is 2. The lowest BCUT2D eigenvalue weighted by molar-refractivity contribution is 0.102. The molecule has 6 nitrogen and oxygen atoms in total. The van der Waals surface area contributed by atoms with Gasteiger partial charge in [-0.1, -0.05) is 0 Å². The van der Waals surface area contributed by atoms with Gasteiger partial charge in [-0.25, -0.2) is 9.97 Å². The van der Waals surface area contributed by atoms with Gasteiger partial charge in [0.15, 0.2) is 0 Å². The Bertz CT molecular complexity index is 836. The number of aryl methyl sites for hydroxylation is 1. The van der Waals surface area contributed by atoms with Crippen molar-refractivity contribution >= 4 is 11.6 Å². The van der Waals surface area contributed by atoms with Crippen LogP contribution in [0.15, 0.2) is 48.9 Å². The Balaban J connectivity index is 1.76. The molecule has 6 heteroatoms. The van der Waals surface area contributed by atoms with Crippen LogP contribution in [0.5, 0.6) is 5.75 Å². The monoisotopic (exact) mass is 308 g/mol. The minimum atomic E-state index is -0.326. The lowest BCUT2D eigenvalue weighted by atomic mass is 10.2. The van der Waals surface area contributed by atoms with Crippen LogP contribution < -0.4 is 5.32 Å². The summed E-state index contributed by atoms with van der Waals surface area (Å²) in [5, 5.41) is 12.0. The summed E-state index contributed by atoms with van der Waals surface area (Å²) < 4.78 is 1.99. The predicted molar refractivity (Wildman–Crippen MR) is 86.9 cm³/mol. The summed E-state index contributed by atoms with van der Waals surface area (Å²) in [5.41, 5.74) is 3.95. The quantitative estimate of drug-likeness (QED) is 0.779. The maximum atomic E-state index is 12.1. The number of imidazole rings is 1. The molecule has 3 aromatic rings. The third-order valence-electron chi connectivity index (χ3n) is 3.64. The van der Waals surface area contributed by atoms with E-state index in [1.807, 2.05) is 42.7 Å². The molecule has 0 saturated carbocycles. The van der Waals surface area contributed by atoms with Gasteiger partial charge in [0.25, 0.3) is 5.91 Å². The number of pyridine rings is 1.